The maximum atomic E-state index is 12.3. The van der Waals surface area contributed by atoms with E-state index >= 15 is 0 Å². The van der Waals surface area contributed by atoms with Crippen LogP contribution in [0.25, 0.3) is 0 Å². The highest BCUT2D eigenvalue weighted by Gasteiger charge is 2.33. The van der Waals surface area contributed by atoms with Gasteiger partial charge in [0.05, 0.1) is 0 Å². The first-order valence-corrected chi connectivity index (χ1v) is 8.13. The lowest BCUT2D eigenvalue weighted by molar-refractivity contribution is -0.132. The van der Waals surface area contributed by atoms with Gasteiger partial charge in [0, 0.05) is 29.7 Å². The second kappa shape index (κ2) is 10.3. The molecular weight excluding hydrogens is 350 g/mol. The van der Waals surface area contributed by atoms with Crippen molar-refractivity contribution < 1.29 is 25.0 Å². The number of nitrogens with one attached hydrogen (secondary N) is 2. The molecule has 7 N–H and O–H groups in total. The van der Waals surface area contributed by atoms with Crippen molar-refractivity contribution in [3.05, 3.63) is 35.4 Å². The van der Waals surface area contributed by atoms with E-state index in [-0.39, 0.29) is 18.6 Å². The highest BCUT2D eigenvalue weighted by Crippen LogP contribution is 2.09. The van der Waals surface area contributed by atoms with E-state index in [1.165, 1.54) is 17.6 Å². The van der Waals surface area contributed by atoms with Gasteiger partial charge in [-0.1, -0.05) is 11.8 Å². The van der Waals surface area contributed by atoms with Gasteiger partial charge in [-0.2, -0.15) is 0 Å². The number of benzene rings is 1. The number of hydroxylamine groups is 1. The monoisotopic (exact) mass is 373 g/mol. The fourth-order valence-corrected chi connectivity index (χ4v) is 1.99. The van der Waals surface area contributed by atoms with Crippen molar-refractivity contribution in [3.63, 3.8) is 0 Å². The first kappa shape index (κ1) is 22.2. The molecule has 0 unspecified atom stereocenters. The summed E-state index contributed by atoms with van der Waals surface area (Å²) in [6, 6.07) is 5.11. The zero-order valence-electron chi connectivity index (χ0n) is 15.1. The van der Waals surface area contributed by atoms with Gasteiger partial charge in [0.15, 0.2) is 0 Å². The Balaban J connectivity index is 2.81. The van der Waals surface area contributed by atoms with E-state index in [9.17, 15) is 14.7 Å². The van der Waals surface area contributed by atoms with Crippen LogP contribution in [0.1, 0.15) is 36.2 Å². The summed E-state index contributed by atoms with van der Waals surface area (Å²) in [6.45, 7) is 2.93. The van der Waals surface area contributed by atoms with Crippen LogP contribution in [0.15, 0.2) is 24.3 Å². The molecule has 1 aromatic carbocycles. The number of carbonyl (C=O) groups excluding carboxylic acids is 2. The van der Waals surface area contributed by atoms with Gasteiger partial charge in [0.25, 0.3) is 11.8 Å². The molecule has 2 amide bonds. The predicted molar refractivity (Wildman–Crippen MR) is 98.3 cm³/mol. The SMILES string of the molecule is CC(C)(N)[C@H](NC(=O)c1ccc(C#CC#C[C@@H](O)CCO)cc1)C(=O)NO. The van der Waals surface area contributed by atoms with Gasteiger partial charge in [-0.05, 0) is 50.0 Å². The van der Waals surface area contributed by atoms with Crippen molar-refractivity contribution in [1.29, 1.82) is 0 Å². The highest BCUT2D eigenvalue weighted by molar-refractivity contribution is 5.97. The molecule has 0 saturated carbocycles. The number of hydrogen-bond acceptors (Lipinski definition) is 6. The number of hydrogen-bond donors (Lipinski definition) is 6. The van der Waals surface area contributed by atoms with E-state index in [0.717, 1.165) is 0 Å². The van der Waals surface area contributed by atoms with Crippen LogP contribution in [0.5, 0.6) is 0 Å². The van der Waals surface area contributed by atoms with Gasteiger partial charge in [0.2, 0.25) is 0 Å². The Morgan fingerprint density at radius 2 is 1.85 bits per heavy atom. The third kappa shape index (κ3) is 7.48. The maximum absolute atomic E-state index is 12.3. The Morgan fingerprint density at radius 3 is 2.37 bits per heavy atom. The smallest absolute Gasteiger partial charge is 0.267 e. The quantitative estimate of drug-likeness (QED) is 0.217. The minimum absolute atomic E-state index is 0.158. The second-order valence-electron chi connectivity index (χ2n) is 6.33. The third-order valence-electron chi connectivity index (χ3n) is 3.45. The summed E-state index contributed by atoms with van der Waals surface area (Å²) in [5.74, 6) is 8.92. The Kier molecular flexibility index (Phi) is 8.46. The van der Waals surface area contributed by atoms with E-state index in [4.69, 9.17) is 16.0 Å². The molecule has 0 aliphatic heterocycles. The van der Waals surface area contributed by atoms with Crippen LogP contribution in [0, 0.1) is 23.7 Å². The minimum atomic E-state index is -1.13. The Bertz CT molecular complexity index is 776. The summed E-state index contributed by atoms with van der Waals surface area (Å²) < 4.78 is 0. The lowest BCUT2D eigenvalue weighted by atomic mass is 9.95. The van der Waals surface area contributed by atoms with E-state index < -0.39 is 29.5 Å². The molecule has 1 aromatic rings. The van der Waals surface area contributed by atoms with Crippen molar-refractivity contribution in [2.75, 3.05) is 6.61 Å². The molecule has 0 aliphatic carbocycles. The molecule has 0 spiro atoms. The molecule has 0 aromatic heterocycles. The zero-order chi connectivity index (χ0) is 20.4. The standard InChI is InChI=1S/C19H23N3O5/c1-19(2,20)16(18(26)22-27)21-17(25)14-9-7-13(8-10-14)5-3-4-6-15(24)11-12-23/h7-10,15-16,23-24,27H,11-12,20H2,1-2H3,(H,21,25)(H,22,26)/t15-,16-/m1/s1. The molecule has 0 aliphatic rings. The molecule has 0 heterocycles. The Labute approximate surface area is 157 Å². The molecule has 8 nitrogen and oxygen atoms in total. The number of rotatable bonds is 6. The van der Waals surface area contributed by atoms with Crippen LogP contribution < -0.4 is 16.5 Å². The maximum Gasteiger partial charge on any atom is 0.267 e. The van der Waals surface area contributed by atoms with Gasteiger partial charge >= 0.3 is 0 Å². The minimum Gasteiger partial charge on any atom is -0.396 e. The fraction of sp³-hybridized carbons (Fsp3) is 0.368. The van der Waals surface area contributed by atoms with Gasteiger partial charge < -0.3 is 21.3 Å². The lowest BCUT2D eigenvalue weighted by Crippen LogP contribution is -2.61. The summed E-state index contributed by atoms with van der Waals surface area (Å²) in [7, 11) is 0. The van der Waals surface area contributed by atoms with Crippen LogP contribution in [0.3, 0.4) is 0 Å². The molecule has 144 valence electrons. The van der Waals surface area contributed by atoms with E-state index in [1.54, 1.807) is 26.0 Å². The van der Waals surface area contributed by atoms with Crippen molar-refractivity contribution in [3.8, 4) is 23.7 Å². The molecule has 27 heavy (non-hydrogen) atoms. The number of amides is 2. The van der Waals surface area contributed by atoms with Crippen molar-refractivity contribution in [1.82, 2.24) is 10.8 Å². The Hall–Kier alpha value is -2.88. The zero-order valence-corrected chi connectivity index (χ0v) is 15.1. The Morgan fingerprint density at radius 1 is 1.22 bits per heavy atom. The van der Waals surface area contributed by atoms with Crippen molar-refractivity contribution >= 4 is 11.8 Å². The normalized spacial score (nSPS) is 12.5. The highest BCUT2D eigenvalue weighted by atomic mass is 16.5. The van der Waals surface area contributed by atoms with Crippen LogP contribution in [-0.4, -0.2) is 51.5 Å². The number of nitrogens with two attached hydrogens (primary N) is 1. The number of carbonyl (C=O) groups is 2. The molecular formula is C19H23N3O5. The fourth-order valence-electron chi connectivity index (χ4n) is 1.99. The topological polar surface area (TPSA) is 145 Å². The summed E-state index contributed by atoms with van der Waals surface area (Å²) in [5.41, 5.74) is 7.14. The van der Waals surface area contributed by atoms with Gasteiger partial charge in [-0.3, -0.25) is 14.8 Å². The van der Waals surface area contributed by atoms with E-state index in [0.29, 0.717) is 5.56 Å². The molecule has 0 radical (unpaired) electrons. The summed E-state index contributed by atoms with van der Waals surface area (Å²) in [6.07, 6.45) is -0.765. The lowest BCUT2D eigenvalue weighted by Gasteiger charge is -2.29. The second-order valence-corrected chi connectivity index (χ2v) is 6.33. The largest absolute Gasteiger partial charge is 0.396 e. The first-order chi connectivity index (χ1) is 12.7. The molecule has 0 saturated heterocycles. The molecule has 1 rings (SSSR count). The molecule has 2 atom stereocenters. The first-order valence-electron chi connectivity index (χ1n) is 8.13. The molecule has 0 bridgehead atoms. The summed E-state index contributed by atoms with van der Waals surface area (Å²) >= 11 is 0. The molecule has 0 fully saturated rings. The average Bonchev–Trinajstić information content (AvgIpc) is 2.62. The van der Waals surface area contributed by atoms with Crippen molar-refractivity contribution in [2.24, 2.45) is 5.73 Å². The number of aliphatic hydroxyl groups excluding tert-OH is 2. The van der Waals surface area contributed by atoms with Crippen LogP contribution in [-0.2, 0) is 4.79 Å². The van der Waals surface area contributed by atoms with Crippen LogP contribution in [0.4, 0.5) is 0 Å². The van der Waals surface area contributed by atoms with E-state index in [1.807, 2.05) is 0 Å². The van der Waals surface area contributed by atoms with Crippen LogP contribution >= 0.6 is 0 Å². The van der Waals surface area contributed by atoms with Gasteiger partial charge in [-0.15, -0.1) is 0 Å². The third-order valence-corrected chi connectivity index (χ3v) is 3.45. The van der Waals surface area contributed by atoms with Gasteiger partial charge in [0.1, 0.15) is 12.1 Å². The summed E-state index contributed by atoms with van der Waals surface area (Å²) in [4.78, 5) is 24.0. The van der Waals surface area contributed by atoms with Crippen LogP contribution in [0.2, 0.25) is 0 Å². The predicted octanol–water partition coefficient (Wildman–Crippen LogP) is -0.874. The van der Waals surface area contributed by atoms with Crippen molar-refractivity contribution in [2.45, 2.75) is 38.0 Å². The number of aliphatic hydroxyl groups is 2. The van der Waals surface area contributed by atoms with E-state index in [2.05, 4.69) is 29.0 Å². The van der Waals surface area contributed by atoms with Gasteiger partial charge in [-0.25, -0.2) is 5.48 Å². The molecule has 8 heteroatoms. The summed E-state index contributed by atoms with van der Waals surface area (Å²) in [5, 5.41) is 29.3. The average molecular weight is 373 g/mol.